The molecule has 2 aliphatic heterocycles. The van der Waals surface area contributed by atoms with Crippen molar-refractivity contribution in [1.29, 1.82) is 0 Å². The van der Waals surface area contributed by atoms with Crippen LogP contribution in [-0.4, -0.2) is 59.0 Å². The van der Waals surface area contributed by atoms with Gasteiger partial charge in [0.05, 0.1) is 19.1 Å². The van der Waals surface area contributed by atoms with Crippen LogP contribution >= 0.6 is 0 Å². The van der Waals surface area contributed by atoms with E-state index in [4.69, 9.17) is 13.6 Å². The Morgan fingerprint density at radius 1 is 0.882 bits per heavy atom. The Morgan fingerprint density at radius 3 is 2.15 bits per heavy atom. The van der Waals surface area contributed by atoms with Gasteiger partial charge in [-0.2, -0.15) is 0 Å². The molecule has 0 saturated carbocycles. The SMILES string of the molecule is O=C(NCc1ccccc1)[C@H]1COC2(CCN(C(=O)c3ccco3)CC2)N1C(=O)c1ccco1. The fraction of sp³-hybridized carbons (Fsp3) is 0.320. The lowest BCUT2D eigenvalue weighted by molar-refractivity contribution is -0.128. The first-order valence-electron chi connectivity index (χ1n) is 11.2. The average molecular weight is 463 g/mol. The van der Waals surface area contributed by atoms with E-state index in [2.05, 4.69) is 5.32 Å². The van der Waals surface area contributed by atoms with E-state index in [9.17, 15) is 14.4 Å². The van der Waals surface area contributed by atoms with E-state index in [0.29, 0.717) is 32.5 Å². The number of hydrogen-bond acceptors (Lipinski definition) is 6. The van der Waals surface area contributed by atoms with Crippen LogP contribution in [0.5, 0.6) is 0 Å². The number of nitrogens with one attached hydrogen (secondary N) is 1. The van der Waals surface area contributed by atoms with Crippen LogP contribution in [0.4, 0.5) is 0 Å². The number of piperidine rings is 1. The zero-order valence-corrected chi connectivity index (χ0v) is 18.5. The number of carbonyl (C=O) groups is 3. The maximum Gasteiger partial charge on any atom is 0.292 e. The van der Waals surface area contributed by atoms with Gasteiger partial charge >= 0.3 is 0 Å². The van der Waals surface area contributed by atoms with E-state index in [-0.39, 0.29) is 29.9 Å². The van der Waals surface area contributed by atoms with Gasteiger partial charge < -0.3 is 23.8 Å². The Balaban J connectivity index is 1.34. The smallest absolute Gasteiger partial charge is 0.292 e. The van der Waals surface area contributed by atoms with Crippen molar-refractivity contribution >= 4 is 17.7 Å². The van der Waals surface area contributed by atoms with Gasteiger partial charge in [0, 0.05) is 32.5 Å². The summed E-state index contributed by atoms with van der Waals surface area (Å²) in [5.41, 5.74) is -0.0448. The van der Waals surface area contributed by atoms with Gasteiger partial charge in [0.2, 0.25) is 5.91 Å². The Kier molecular flexibility index (Phi) is 5.93. The van der Waals surface area contributed by atoms with E-state index in [1.807, 2.05) is 30.3 Å². The molecule has 0 bridgehead atoms. The summed E-state index contributed by atoms with van der Waals surface area (Å²) in [6, 6.07) is 15.2. The highest BCUT2D eigenvalue weighted by atomic mass is 16.5. The first-order valence-corrected chi connectivity index (χ1v) is 11.2. The van der Waals surface area contributed by atoms with E-state index >= 15 is 0 Å². The lowest BCUT2D eigenvalue weighted by Gasteiger charge is -2.44. The topological polar surface area (TPSA) is 105 Å². The van der Waals surface area contributed by atoms with Gasteiger partial charge in [-0.15, -0.1) is 0 Å². The number of ether oxygens (including phenoxy) is 1. The summed E-state index contributed by atoms with van der Waals surface area (Å²) in [5.74, 6) is -0.508. The molecule has 9 heteroatoms. The molecule has 0 unspecified atom stereocenters. The predicted octanol–water partition coefficient (Wildman–Crippen LogP) is 2.66. The van der Waals surface area contributed by atoms with Gasteiger partial charge in [-0.25, -0.2) is 0 Å². The van der Waals surface area contributed by atoms with E-state index < -0.39 is 17.7 Å². The average Bonchev–Trinajstić information content (AvgIpc) is 3.65. The molecule has 3 amide bonds. The van der Waals surface area contributed by atoms with Crippen LogP contribution in [0, 0.1) is 0 Å². The second-order valence-electron chi connectivity index (χ2n) is 8.40. The van der Waals surface area contributed by atoms with Crippen LogP contribution in [-0.2, 0) is 16.1 Å². The Morgan fingerprint density at radius 2 is 1.53 bits per heavy atom. The van der Waals surface area contributed by atoms with Gasteiger partial charge in [0.1, 0.15) is 11.8 Å². The van der Waals surface area contributed by atoms with Crippen LogP contribution in [0.3, 0.4) is 0 Å². The van der Waals surface area contributed by atoms with Crippen molar-refractivity contribution in [3.8, 4) is 0 Å². The largest absolute Gasteiger partial charge is 0.459 e. The number of hydrogen-bond donors (Lipinski definition) is 1. The molecular weight excluding hydrogens is 438 g/mol. The molecule has 4 heterocycles. The fourth-order valence-electron chi connectivity index (χ4n) is 4.60. The molecule has 5 rings (SSSR count). The minimum Gasteiger partial charge on any atom is -0.459 e. The number of furan rings is 2. The molecule has 0 aliphatic carbocycles. The molecule has 2 fully saturated rings. The van der Waals surface area contributed by atoms with E-state index in [1.54, 1.807) is 29.2 Å². The number of likely N-dealkylation sites (tertiary alicyclic amines) is 1. The molecule has 3 aromatic rings. The standard InChI is InChI=1S/C25H25N3O6/c29-22(26-16-18-6-2-1-3-7-18)19-17-34-25(28(19)24(31)21-9-5-15-33-21)10-12-27(13-11-25)23(30)20-8-4-14-32-20/h1-9,14-15,19H,10-13,16-17H2,(H,26,29)/t19-/m1/s1. The molecule has 0 radical (unpaired) electrons. The summed E-state index contributed by atoms with van der Waals surface area (Å²) in [5, 5.41) is 2.92. The third-order valence-corrected chi connectivity index (χ3v) is 6.39. The normalized spacial score (nSPS) is 19.4. The molecule has 2 aromatic heterocycles. The first kappa shape index (κ1) is 22.0. The van der Waals surface area contributed by atoms with Crippen LogP contribution in [0.15, 0.2) is 76.0 Å². The number of benzene rings is 1. The second kappa shape index (κ2) is 9.18. The third kappa shape index (κ3) is 4.10. The number of carbonyl (C=O) groups excluding carboxylic acids is 3. The maximum absolute atomic E-state index is 13.4. The molecule has 2 saturated heterocycles. The zero-order valence-electron chi connectivity index (χ0n) is 18.5. The van der Waals surface area contributed by atoms with Crippen molar-refractivity contribution < 1.29 is 28.0 Å². The minimum absolute atomic E-state index is 0.0687. The summed E-state index contributed by atoms with van der Waals surface area (Å²) in [4.78, 5) is 42.5. The van der Waals surface area contributed by atoms with Crippen LogP contribution in [0.2, 0.25) is 0 Å². The summed E-state index contributed by atoms with van der Waals surface area (Å²) < 4.78 is 16.7. The van der Waals surface area contributed by atoms with Gasteiger partial charge in [-0.1, -0.05) is 30.3 Å². The molecule has 1 spiro atoms. The number of nitrogens with zero attached hydrogens (tertiary/aromatic N) is 2. The zero-order chi connectivity index (χ0) is 23.5. The molecule has 1 atom stereocenters. The van der Waals surface area contributed by atoms with Crippen molar-refractivity contribution in [1.82, 2.24) is 15.1 Å². The van der Waals surface area contributed by atoms with Crippen molar-refractivity contribution in [3.63, 3.8) is 0 Å². The summed E-state index contributed by atoms with van der Waals surface area (Å²) in [7, 11) is 0. The highest BCUT2D eigenvalue weighted by molar-refractivity contribution is 5.96. The van der Waals surface area contributed by atoms with Gasteiger partial charge in [0.25, 0.3) is 11.8 Å². The number of rotatable bonds is 5. The monoisotopic (exact) mass is 463 g/mol. The molecule has 1 N–H and O–H groups in total. The summed E-state index contributed by atoms with van der Waals surface area (Å²) in [6.07, 6.45) is 3.62. The van der Waals surface area contributed by atoms with Crippen molar-refractivity contribution in [2.24, 2.45) is 0 Å². The maximum atomic E-state index is 13.4. The van der Waals surface area contributed by atoms with E-state index in [1.165, 1.54) is 17.4 Å². The predicted molar refractivity (Wildman–Crippen MR) is 119 cm³/mol. The Hall–Kier alpha value is -3.85. The van der Waals surface area contributed by atoms with Crippen molar-refractivity contribution in [2.45, 2.75) is 31.2 Å². The van der Waals surface area contributed by atoms with Crippen molar-refractivity contribution in [2.75, 3.05) is 19.7 Å². The molecule has 9 nitrogen and oxygen atoms in total. The Bertz CT molecular complexity index is 1130. The summed E-state index contributed by atoms with van der Waals surface area (Å²) in [6.45, 7) is 1.14. The molecular formula is C25H25N3O6. The molecule has 1 aromatic carbocycles. The van der Waals surface area contributed by atoms with Gasteiger partial charge in [-0.3, -0.25) is 19.3 Å². The summed E-state index contributed by atoms with van der Waals surface area (Å²) >= 11 is 0. The molecule has 2 aliphatic rings. The lowest BCUT2D eigenvalue weighted by Crippen LogP contribution is -2.59. The quantitative estimate of drug-likeness (QED) is 0.624. The molecule has 176 valence electrons. The van der Waals surface area contributed by atoms with Crippen molar-refractivity contribution in [3.05, 3.63) is 84.2 Å². The van der Waals surface area contributed by atoms with Crippen LogP contribution in [0.25, 0.3) is 0 Å². The first-order chi connectivity index (χ1) is 16.6. The minimum atomic E-state index is -1.00. The highest BCUT2D eigenvalue weighted by Gasteiger charge is 2.54. The molecule has 34 heavy (non-hydrogen) atoms. The third-order valence-electron chi connectivity index (χ3n) is 6.39. The second-order valence-corrected chi connectivity index (χ2v) is 8.40. The number of amides is 3. The fourth-order valence-corrected chi connectivity index (χ4v) is 4.60. The van der Waals surface area contributed by atoms with Crippen LogP contribution < -0.4 is 5.32 Å². The Labute approximate surface area is 196 Å². The van der Waals surface area contributed by atoms with Crippen LogP contribution in [0.1, 0.15) is 39.5 Å². The lowest BCUT2D eigenvalue weighted by atomic mass is 9.97. The van der Waals surface area contributed by atoms with E-state index in [0.717, 1.165) is 5.56 Å². The van der Waals surface area contributed by atoms with Gasteiger partial charge in [-0.05, 0) is 29.8 Å². The highest BCUT2D eigenvalue weighted by Crippen LogP contribution is 2.39. The van der Waals surface area contributed by atoms with Gasteiger partial charge in [0.15, 0.2) is 11.5 Å².